The van der Waals surface area contributed by atoms with Gasteiger partial charge in [0.1, 0.15) is 35.5 Å². The lowest BCUT2D eigenvalue weighted by Crippen LogP contribution is -2.57. The van der Waals surface area contributed by atoms with E-state index in [-0.39, 0.29) is 30.4 Å². The highest BCUT2D eigenvalue weighted by molar-refractivity contribution is 6.06. The molecule has 5 heterocycles. The lowest BCUT2D eigenvalue weighted by atomic mass is 9.71. The van der Waals surface area contributed by atoms with Gasteiger partial charge in [0.15, 0.2) is 12.1 Å². The van der Waals surface area contributed by atoms with Gasteiger partial charge in [-0.2, -0.15) is 0 Å². The molecule has 7 aliphatic rings. The second kappa shape index (κ2) is 16.8. The Bertz CT molecular complexity index is 1550. The summed E-state index contributed by atoms with van der Waals surface area (Å²) in [4.78, 5) is 14.4. The lowest BCUT2D eigenvalue weighted by molar-refractivity contribution is -0.342. The van der Waals surface area contributed by atoms with E-state index in [9.17, 15) is 20.2 Å². The Balaban J connectivity index is 1.25. The van der Waals surface area contributed by atoms with E-state index < -0.39 is 66.2 Å². The quantitative estimate of drug-likeness (QED) is 0.132. The van der Waals surface area contributed by atoms with Crippen LogP contribution in [0.15, 0.2) is 52.3 Å². The number of oxime groups is 1. The molecule has 1 spiro atoms. The minimum absolute atomic E-state index is 0.0359. The van der Waals surface area contributed by atoms with Crippen LogP contribution in [0.5, 0.6) is 0 Å². The zero-order valence-electron chi connectivity index (χ0n) is 33.4. The first-order valence-corrected chi connectivity index (χ1v) is 20.7. The van der Waals surface area contributed by atoms with E-state index in [0.717, 1.165) is 24.8 Å². The van der Waals surface area contributed by atoms with Gasteiger partial charge in [-0.3, -0.25) is 4.79 Å². The molecule has 2 bridgehead atoms. The van der Waals surface area contributed by atoms with Crippen molar-refractivity contribution in [3.63, 3.8) is 0 Å². The highest BCUT2D eigenvalue weighted by Gasteiger charge is 2.60. The average molecular weight is 770 g/mol. The molecule has 55 heavy (non-hydrogen) atoms. The van der Waals surface area contributed by atoms with Crippen molar-refractivity contribution in [1.29, 1.82) is 0 Å². The Hall–Kier alpha value is -2.42. The maximum atomic E-state index is 14.4. The zero-order chi connectivity index (χ0) is 39.1. The molecule has 0 aromatic carbocycles. The maximum Gasteiger partial charge on any atom is 0.316 e. The summed E-state index contributed by atoms with van der Waals surface area (Å²) in [6.07, 6.45) is 14.4. The first-order valence-electron chi connectivity index (χ1n) is 20.7. The fourth-order valence-electron chi connectivity index (χ4n) is 10.4. The van der Waals surface area contributed by atoms with Gasteiger partial charge in [0.2, 0.25) is 0 Å². The second-order valence-electron chi connectivity index (χ2n) is 17.4. The number of allylic oxidation sites excluding steroid dienone is 2. The van der Waals surface area contributed by atoms with Gasteiger partial charge >= 0.3 is 5.97 Å². The molecule has 2 aliphatic carbocycles. The smallest absolute Gasteiger partial charge is 0.316 e. The van der Waals surface area contributed by atoms with Crippen LogP contribution in [-0.4, -0.2) is 107 Å². The van der Waals surface area contributed by atoms with Crippen LogP contribution in [0, 0.1) is 23.7 Å². The van der Waals surface area contributed by atoms with Crippen LogP contribution in [0.4, 0.5) is 0 Å². The summed E-state index contributed by atoms with van der Waals surface area (Å²) in [5.41, 5.74) is 0.362. The van der Waals surface area contributed by atoms with Gasteiger partial charge in [-0.05, 0) is 75.0 Å². The number of aliphatic hydroxyl groups excluding tert-OH is 1. The van der Waals surface area contributed by atoms with Gasteiger partial charge < -0.3 is 48.6 Å². The first kappa shape index (κ1) is 40.8. The fraction of sp³-hybridized carbons (Fsp3) is 0.767. The standard InChI is InChI=1S/C43H63NO11/c1-24-11-10-14-30-23-50-40-36(44-48)27(4)19-33(43(30,40)47)41(46)52-32-20-31(16-15-25(2)38(24)53-35-21-34(49-6)37(45)28(5)51-35)54-42(22-32)18-17-26(3)39(55-42)29-12-8-7-9-13-29/h10-11,14-15,19,24,26,28-29,31-35,37-40,45,47-48H,7-9,12-13,16-18,20-23H2,1-6H3/b11-10+,25-15+,30-14+,44-36+/t24-,26-,28-,31?,32-,33-,34-,35-,37-,38+,39-,40+,42-,43+/m0/s1. The molecular weight excluding hydrogens is 706 g/mol. The molecule has 5 aliphatic heterocycles. The van der Waals surface area contributed by atoms with Crippen molar-refractivity contribution in [1.82, 2.24) is 0 Å². The molecule has 14 atom stereocenters. The number of carbonyl (C=O) groups excluding carboxylic acids is 1. The minimum Gasteiger partial charge on any atom is -0.462 e. The number of carbonyl (C=O) groups is 1. The van der Waals surface area contributed by atoms with E-state index in [0.29, 0.717) is 55.1 Å². The molecule has 7 rings (SSSR count). The van der Waals surface area contributed by atoms with Gasteiger partial charge in [-0.25, -0.2) is 0 Å². The van der Waals surface area contributed by atoms with E-state index in [1.807, 2.05) is 19.1 Å². The number of ether oxygens (including phenoxy) is 7. The van der Waals surface area contributed by atoms with Crippen LogP contribution in [0.2, 0.25) is 0 Å². The van der Waals surface area contributed by atoms with Crippen molar-refractivity contribution in [2.75, 3.05) is 13.7 Å². The third-order valence-electron chi connectivity index (χ3n) is 13.6. The lowest BCUT2D eigenvalue weighted by Gasteiger charge is -2.51. The predicted molar refractivity (Wildman–Crippen MR) is 203 cm³/mol. The summed E-state index contributed by atoms with van der Waals surface area (Å²) in [7, 11) is 1.59. The van der Waals surface area contributed by atoms with E-state index in [2.05, 4.69) is 32.0 Å². The van der Waals surface area contributed by atoms with E-state index >= 15 is 0 Å². The van der Waals surface area contributed by atoms with Gasteiger partial charge in [0, 0.05) is 38.7 Å². The number of hydrogen-bond acceptors (Lipinski definition) is 12. The summed E-state index contributed by atoms with van der Waals surface area (Å²) >= 11 is 0. The second-order valence-corrected chi connectivity index (χ2v) is 17.4. The topological polar surface area (TPSA) is 155 Å². The maximum absolute atomic E-state index is 14.4. The number of hydrogen-bond donors (Lipinski definition) is 3. The normalized spacial score (nSPS) is 47.9. The van der Waals surface area contributed by atoms with Gasteiger partial charge in [-0.1, -0.05) is 68.6 Å². The highest BCUT2D eigenvalue weighted by atomic mass is 16.7. The number of methoxy groups -OCH3 is 1. The molecule has 12 heteroatoms. The molecular formula is C43H63NO11. The van der Waals surface area contributed by atoms with Crippen LogP contribution in [-0.2, 0) is 38.0 Å². The minimum atomic E-state index is -1.83. The van der Waals surface area contributed by atoms with Crippen LogP contribution < -0.4 is 0 Å². The Labute approximate surface area is 325 Å². The average Bonchev–Trinajstić information content (AvgIpc) is 3.50. The highest BCUT2D eigenvalue weighted by Crippen LogP contribution is 2.48. The van der Waals surface area contributed by atoms with Crippen LogP contribution in [0.3, 0.4) is 0 Å². The molecule has 306 valence electrons. The zero-order valence-corrected chi connectivity index (χ0v) is 33.4. The van der Waals surface area contributed by atoms with Crippen molar-refractivity contribution in [3.05, 3.63) is 47.1 Å². The number of rotatable bonds is 4. The molecule has 0 aromatic heterocycles. The van der Waals surface area contributed by atoms with E-state index in [1.165, 1.54) is 19.3 Å². The Kier molecular flexibility index (Phi) is 12.5. The van der Waals surface area contributed by atoms with Crippen molar-refractivity contribution in [3.8, 4) is 0 Å². The summed E-state index contributed by atoms with van der Waals surface area (Å²) in [5.74, 6) is -1.83. The largest absolute Gasteiger partial charge is 0.462 e. The van der Waals surface area contributed by atoms with Crippen molar-refractivity contribution in [2.45, 2.75) is 172 Å². The number of esters is 1. The number of fused-ring (bicyclic) bond motifs is 2. The molecule has 12 nitrogen and oxygen atoms in total. The predicted octanol–water partition coefficient (Wildman–Crippen LogP) is 6.07. The monoisotopic (exact) mass is 769 g/mol. The van der Waals surface area contributed by atoms with Crippen LogP contribution >= 0.6 is 0 Å². The third kappa shape index (κ3) is 8.17. The summed E-state index contributed by atoms with van der Waals surface area (Å²) < 4.78 is 45.1. The third-order valence-corrected chi connectivity index (χ3v) is 13.6. The summed E-state index contributed by atoms with van der Waals surface area (Å²) in [5, 5.41) is 36.7. The van der Waals surface area contributed by atoms with Crippen LogP contribution in [0.25, 0.3) is 0 Å². The van der Waals surface area contributed by atoms with Crippen LogP contribution in [0.1, 0.15) is 105 Å². The molecule has 4 saturated heterocycles. The molecule has 1 unspecified atom stereocenters. The van der Waals surface area contributed by atoms with Gasteiger partial charge in [0.05, 0.1) is 37.1 Å². The van der Waals surface area contributed by atoms with Crippen molar-refractivity contribution >= 4 is 11.7 Å². The van der Waals surface area contributed by atoms with Crippen molar-refractivity contribution in [2.24, 2.45) is 28.8 Å². The van der Waals surface area contributed by atoms with Gasteiger partial charge in [-0.15, -0.1) is 0 Å². The molecule has 1 saturated carbocycles. The first-order chi connectivity index (χ1) is 26.4. The number of aliphatic hydroxyl groups is 2. The summed E-state index contributed by atoms with van der Waals surface area (Å²) in [6, 6.07) is 0. The summed E-state index contributed by atoms with van der Waals surface area (Å²) in [6.45, 7) is 10.0. The molecule has 3 N–H and O–H groups in total. The molecule has 0 radical (unpaired) electrons. The van der Waals surface area contributed by atoms with Gasteiger partial charge in [0.25, 0.3) is 0 Å². The van der Waals surface area contributed by atoms with Crippen molar-refractivity contribution < 1.29 is 53.4 Å². The molecule has 0 amide bonds. The number of nitrogens with zero attached hydrogens (tertiary/aromatic N) is 1. The Morgan fingerprint density at radius 1 is 1.02 bits per heavy atom. The van der Waals surface area contributed by atoms with E-state index in [1.54, 1.807) is 26.2 Å². The fourth-order valence-corrected chi connectivity index (χ4v) is 10.4. The Morgan fingerprint density at radius 3 is 2.55 bits per heavy atom. The van der Waals surface area contributed by atoms with E-state index in [4.69, 9.17) is 33.2 Å². The molecule has 0 aromatic rings. The SMILES string of the molecule is CO[C@H]1C[C@H](O[C@H]2/C(C)=C/CC3C[C@@H](C[C@@]4(CC[C@H](C)[C@@H](C5CCCCC5)O4)O3)OC(=O)[C@@H]3C=C(C)/C(=N\O)[C@H]4OC/C(=C\C=C\[C@@H]2C)[C@]43O)O[C@@H](C)[C@@H]1O. The molecule has 5 fully saturated rings. The Morgan fingerprint density at radius 2 is 1.80 bits per heavy atom.